The Morgan fingerprint density at radius 2 is 2.07 bits per heavy atom. The van der Waals surface area contributed by atoms with Crippen LogP contribution < -0.4 is 0 Å². The molecule has 1 aliphatic carbocycles. The van der Waals surface area contributed by atoms with Gasteiger partial charge in [-0.3, -0.25) is 0 Å². The first-order chi connectivity index (χ1) is 14.3. The minimum Gasteiger partial charge on any atom is -0.444 e. The van der Waals surface area contributed by atoms with Crippen LogP contribution in [0.2, 0.25) is 0 Å². The van der Waals surface area contributed by atoms with Gasteiger partial charge in [0.05, 0.1) is 18.3 Å². The highest BCUT2D eigenvalue weighted by molar-refractivity contribution is 5.69. The van der Waals surface area contributed by atoms with Crippen molar-refractivity contribution in [2.75, 3.05) is 6.54 Å². The van der Waals surface area contributed by atoms with Gasteiger partial charge in [0.1, 0.15) is 11.2 Å². The highest BCUT2D eigenvalue weighted by Gasteiger charge is 2.30. The van der Waals surface area contributed by atoms with Crippen molar-refractivity contribution in [3.05, 3.63) is 46.2 Å². The van der Waals surface area contributed by atoms with Gasteiger partial charge >= 0.3 is 6.09 Å². The summed E-state index contributed by atoms with van der Waals surface area (Å²) >= 11 is 0. The van der Waals surface area contributed by atoms with E-state index in [1.807, 2.05) is 61.5 Å². The summed E-state index contributed by atoms with van der Waals surface area (Å²) in [7, 11) is 0. The average molecular weight is 413 g/mol. The quantitative estimate of drug-likeness (QED) is 0.329. The molecule has 162 valence electrons. The third-order valence-corrected chi connectivity index (χ3v) is 5.58. The molecule has 0 saturated heterocycles. The number of carbonyl (C=O) groups excluding carboxylic acids is 1. The topological polar surface area (TPSA) is 95.6 Å². The average Bonchev–Trinajstić information content (AvgIpc) is 3.11. The summed E-state index contributed by atoms with van der Waals surface area (Å²) in [5.41, 5.74) is 10.5. The SMILES string of the molecule is CC(c1ccc2nc(CN=[N+]=[N-])cn2c1)N(CC1CCCCC1)C(=O)OC(C)(C)C. The Bertz CT molecular complexity index is 919. The van der Waals surface area contributed by atoms with E-state index in [9.17, 15) is 4.79 Å². The van der Waals surface area contributed by atoms with Crippen molar-refractivity contribution < 1.29 is 9.53 Å². The lowest BCUT2D eigenvalue weighted by molar-refractivity contribution is 0.0123. The maximum Gasteiger partial charge on any atom is 0.410 e. The van der Waals surface area contributed by atoms with E-state index in [2.05, 4.69) is 15.0 Å². The number of carbonyl (C=O) groups is 1. The molecule has 2 aromatic rings. The lowest BCUT2D eigenvalue weighted by atomic mass is 9.88. The summed E-state index contributed by atoms with van der Waals surface area (Å²) in [5, 5.41) is 3.58. The summed E-state index contributed by atoms with van der Waals surface area (Å²) < 4.78 is 7.66. The maximum absolute atomic E-state index is 13.1. The van der Waals surface area contributed by atoms with Crippen LogP contribution in [0.5, 0.6) is 0 Å². The van der Waals surface area contributed by atoms with E-state index in [1.54, 1.807) is 0 Å². The van der Waals surface area contributed by atoms with Gasteiger partial charge in [0, 0.05) is 23.9 Å². The zero-order valence-electron chi connectivity index (χ0n) is 18.4. The zero-order chi connectivity index (χ0) is 21.7. The van der Waals surface area contributed by atoms with Gasteiger partial charge in [-0.25, -0.2) is 9.78 Å². The van der Waals surface area contributed by atoms with Crippen molar-refractivity contribution in [2.24, 2.45) is 11.0 Å². The summed E-state index contributed by atoms with van der Waals surface area (Å²) in [6.45, 7) is 8.67. The van der Waals surface area contributed by atoms with Crippen LogP contribution in [0.15, 0.2) is 29.6 Å². The smallest absolute Gasteiger partial charge is 0.410 e. The fourth-order valence-corrected chi connectivity index (χ4v) is 4.03. The van der Waals surface area contributed by atoms with Gasteiger partial charge in [0.2, 0.25) is 0 Å². The second-order valence-electron chi connectivity index (χ2n) is 9.16. The Morgan fingerprint density at radius 1 is 1.33 bits per heavy atom. The van der Waals surface area contributed by atoms with Crippen molar-refractivity contribution in [3.8, 4) is 0 Å². The van der Waals surface area contributed by atoms with Crippen molar-refractivity contribution in [1.29, 1.82) is 0 Å². The summed E-state index contributed by atoms with van der Waals surface area (Å²) in [4.78, 5) is 22.2. The molecule has 0 bridgehead atoms. The first-order valence-corrected chi connectivity index (χ1v) is 10.7. The van der Waals surface area contributed by atoms with Crippen LogP contribution in [0.25, 0.3) is 16.1 Å². The number of hydrogen-bond acceptors (Lipinski definition) is 4. The van der Waals surface area contributed by atoms with Crippen LogP contribution in [0.3, 0.4) is 0 Å². The monoisotopic (exact) mass is 412 g/mol. The molecule has 0 spiro atoms. The summed E-state index contributed by atoms with van der Waals surface area (Å²) in [5.74, 6) is 0.515. The van der Waals surface area contributed by atoms with Crippen molar-refractivity contribution >= 4 is 11.7 Å². The molecular formula is C22H32N6O2. The van der Waals surface area contributed by atoms with E-state index in [0.29, 0.717) is 18.2 Å². The number of azide groups is 1. The molecule has 30 heavy (non-hydrogen) atoms. The van der Waals surface area contributed by atoms with E-state index < -0.39 is 5.60 Å². The molecule has 0 aliphatic heterocycles. The van der Waals surface area contributed by atoms with Crippen LogP contribution >= 0.6 is 0 Å². The number of imidazole rings is 1. The van der Waals surface area contributed by atoms with Crippen LogP contribution in [0.4, 0.5) is 4.79 Å². The third kappa shape index (κ3) is 5.66. The van der Waals surface area contributed by atoms with E-state index >= 15 is 0 Å². The molecule has 2 aromatic heterocycles. The second kappa shape index (κ2) is 9.39. The van der Waals surface area contributed by atoms with E-state index in [1.165, 1.54) is 19.3 Å². The number of hydrogen-bond donors (Lipinski definition) is 0. The molecule has 8 heteroatoms. The fraction of sp³-hybridized carbons (Fsp3) is 0.636. The van der Waals surface area contributed by atoms with Crippen molar-refractivity contribution in [1.82, 2.24) is 14.3 Å². The van der Waals surface area contributed by atoms with Crippen LogP contribution in [-0.2, 0) is 11.3 Å². The number of fused-ring (bicyclic) bond motifs is 1. The lowest BCUT2D eigenvalue weighted by Gasteiger charge is -2.35. The molecule has 1 atom stereocenters. The molecule has 1 fully saturated rings. The summed E-state index contributed by atoms with van der Waals surface area (Å²) in [6, 6.07) is 3.80. The first kappa shape index (κ1) is 22.0. The van der Waals surface area contributed by atoms with Crippen molar-refractivity contribution in [2.45, 2.75) is 78.0 Å². The standard InChI is InChI=1S/C22H32N6O2/c1-16(18-10-11-20-25-19(12-24-26-23)15-27(20)14-18)28(21(29)30-22(2,3)4)13-17-8-6-5-7-9-17/h10-11,14-17H,5-9,12-13H2,1-4H3. The third-order valence-electron chi connectivity index (χ3n) is 5.58. The molecule has 0 radical (unpaired) electrons. The normalized spacial score (nSPS) is 16.1. The fourth-order valence-electron chi connectivity index (χ4n) is 4.03. The molecule has 1 aliphatic rings. The minimum absolute atomic E-state index is 0.130. The number of pyridine rings is 1. The van der Waals surface area contributed by atoms with Gasteiger partial charge in [-0.2, -0.15) is 0 Å². The van der Waals surface area contributed by atoms with E-state index in [0.717, 1.165) is 24.1 Å². The Kier molecular flexibility index (Phi) is 6.87. The lowest BCUT2D eigenvalue weighted by Crippen LogP contribution is -2.41. The number of ether oxygens (including phenoxy) is 1. The largest absolute Gasteiger partial charge is 0.444 e. The highest BCUT2D eigenvalue weighted by atomic mass is 16.6. The molecule has 2 heterocycles. The Labute approximate surface area is 177 Å². The molecule has 1 saturated carbocycles. The van der Waals surface area contributed by atoms with Crippen LogP contribution in [0.1, 0.15) is 77.1 Å². The second-order valence-corrected chi connectivity index (χ2v) is 9.16. The molecule has 3 rings (SSSR count). The summed E-state index contributed by atoms with van der Waals surface area (Å²) in [6.07, 6.45) is 9.66. The molecule has 0 N–H and O–H groups in total. The van der Waals surface area contributed by atoms with Crippen molar-refractivity contribution in [3.63, 3.8) is 0 Å². The Morgan fingerprint density at radius 3 is 2.73 bits per heavy atom. The van der Waals surface area contributed by atoms with Gasteiger partial charge in [-0.15, -0.1) is 0 Å². The Balaban J connectivity index is 1.85. The highest BCUT2D eigenvalue weighted by Crippen LogP contribution is 2.30. The van der Waals surface area contributed by atoms with E-state index in [-0.39, 0.29) is 18.7 Å². The Hall–Kier alpha value is -2.73. The van der Waals surface area contributed by atoms with Crippen LogP contribution in [-0.4, -0.2) is 32.5 Å². The molecule has 1 amide bonds. The molecule has 0 aromatic carbocycles. The van der Waals surface area contributed by atoms with Gasteiger partial charge < -0.3 is 14.0 Å². The number of rotatable bonds is 6. The van der Waals surface area contributed by atoms with E-state index in [4.69, 9.17) is 10.3 Å². The van der Waals surface area contributed by atoms with Gasteiger partial charge in [-0.1, -0.05) is 30.4 Å². The predicted octanol–water partition coefficient (Wildman–Crippen LogP) is 6.02. The predicted molar refractivity (Wildman–Crippen MR) is 116 cm³/mol. The first-order valence-electron chi connectivity index (χ1n) is 10.7. The number of nitrogens with zero attached hydrogens (tertiary/aromatic N) is 6. The number of aromatic nitrogens is 2. The minimum atomic E-state index is -0.536. The van der Waals surface area contributed by atoms with Gasteiger partial charge in [0.15, 0.2) is 0 Å². The molecule has 1 unspecified atom stereocenters. The van der Waals surface area contributed by atoms with Crippen LogP contribution in [0, 0.1) is 5.92 Å². The van der Waals surface area contributed by atoms with Gasteiger partial charge in [0.25, 0.3) is 0 Å². The zero-order valence-corrected chi connectivity index (χ0v) is 18.4. The molecular weight excluding hydrogens is 380 g/mol. The maximum atomic E-state index is 13.1. The number of amides is 1. The molecule has 8 nitrogen and oxygen atoms in total. The van der Waals surface area contributed by atoms with Gasteiger partial charge in [-0.05, 0) is 63.6 Å².